The first kappa shape index (κ1) is 9.06. The smallest absolute Gasteiger partial charge is 0.310 e. The van der Waals surface area contributed by atoms with Crippen molar-refractivity contribution < 1.29 is 14.6 Å². The van der Waals surface area contributed by atoms with Gasteiger partial charge in [0.1, 0.15) is 12.4 Å². The fourth-order valence-corrected chi connectivity index (χ4v) is 1.64. The third kappa shape index (κ3) is 1.58. The van der Waals surface area contributed by atoms with E-state index in [1.807, 2.05) is 25.1 Å². The minimum atomic E-state index is -0.781. The minimum absolute atomic E-state index is 0.284. The van der Waals surface area contributed by atoms with Crippen molar-refractivity contribution >= 4 is 5.97 Å². The van der Waals surface area contributed by atoms with E-state index in [4.69, 9.17) is 9.84 Å². The molecule has 0 radical (unpaired) electrons. The van der Waals surface area contributed by atoms with E-state index in [9.17, 15) is 4.79 Å². The maximum atomic E-state index is 10.8. The number of carboxylic acid groups (broad SMARTS) is 1. The van der Waals surface area contributed by atoms with Gasteiger partial charge in [-0.1, -0.05) is 12.1 Å². The zero-order valence-corrected chi connectivity index (χ0v) is 7.99. The molecule has 1 unspecified atom stereocenters. The van der Waals surface area contributed by atoms with Crippen molar-refractivity contribution in [1.82, 2.24) is 0 Å². The molecule has 3 heteroatoms. The highest BCUT2D eigenvalue weighted by Crippen LogP contribution is 2.28. The first-order chi connectivity index (χ1) is 6.66. The molecule has 1 aliphatic rings. The van der Waals surface area contributed by atoms with Crippen LogP contribution in [0.15, 0.2) is 18.2 Å². The van der Waals surface area contributed by atoms with Crippen molar-refractivity contribution in [1.29, 1.82) is 0 Å². The van der Waals surface area contributed by atoms with Gasteiger partial charge in [-0.2, -0.15) is 0 Å². The van der Waals surface area contributed by atoms with E-state index in [0.29, 0.717) is 6.42 Å². The third-order valence-electron chi connectivity index (χ3n) is 2.48. The van der Waals surface area contributed by atoms with Crippen molar-refractivity contribution in [2.75, 3.05) is 6.61 Å². The summed E-state index contributed by atoms with van der Waals surface area (Å²) < 4.78 is 5.40. The second-order valence-corrected chi connectivity index (χ2v) is 3.66. The van der Waals surface area contributed by atoms with E-state index < -0.39 is 11.9 Å². The Bertz CT molecular complexity index is 371. The van der Waals surface area contributed by atoms with Crippen LogP contribution in [0, 0.1) is 12.8 Å². The molecular weight excluding hydrogens is 180 g/mol. The molecule has 3 nitrogen and oxygen atoms in total. The Kier molecular flexibility index (Phi) is 2.15. The zero-order valence-electron chi connectivity index (χ0n) is 7.99. The Labute approximate surface area is 82.3 Å². The summed E-state index contributed by atoms with van der Waals surface area (Å²) in [5.74, 6) is -0.344. The quantitative estimate of drug-likeness (QED) is 0.735. The molecule has 0 bridgehead atoms. The molecule has 1 aromatic carbocycles. The van der Waals surface area contributed by atoms with Gasteiger partial charge in [-0.3, -0.25) is 4.79 Å². The van der Waals surface area contributed by atoms with Crippen LogP contribution in [0.2, 0.25) is 0 Å². The Morgan fingerprint density at radius 1 is 1.57 bits per heavy atom. The normalized spacial score (nSPS) is 19.6. The second-order valence-electron chi connectivity index (χ2n) is 3.66. The summed E-state index contributed by atoms with van der Waals surface area (Å²) in [7, 11) is 0. The van der Waals surface area contributed by atoms with Gasteiger partial charge >= 0.3 is 5.97 Å². The van der Waals surface area contributed by atoms with Crippen LogP contribution in [0.25, 0.3) is 0 Å². The molecule has 1 N–H and O–H groups in total. The first-order valence-corrected chi connectivity index (χ1v) is 4.62. The maximum absolute atomic E-state index is 10.8. The van der Waals surface area contributed by atoms with E-state index in [2.05, 4.69) is 0 Å². The Morgan fingerprint density at radius 2 is 2.36 bits per heavy atom. The highest BCUT2D eigenvalue weighted by molar-refractivity contribution is 5.71. The Balaban J connectivity index is 2.27. The summed E-state index contributed by atoms with van der Waals surface area (Å²) in [5, 5.41) is 8.84. The lowest BCUT2D eigenvalue weighted by Crippen LogP contribution is -2.27. The van der Waals surface area contributed by atoms with Crippen molar-refractivity contribution in [3.05, 3.63) is 29.3 Å². The van der Waals surface area contributed by atoms with Gasteiger partial charge in [0.2, 0.25) is 0 Å². The first-order valence-electron chi connectivity index (χ1n) is 4.62. The van der Waals surface area contributed by atoms with Gasteiger partial charge in [-0.15, -0.1) is 0 Å². The van der Waals surface area contributed by atoms with Crippen molar-refractivity contribution in [3.63, 3.8) is 0 Å². The van der Waals surface area contributed by atoms with Crippen molar-refractivity contribution in [2.24, 2.45) is 5.92 Å². The van der Waals surface area contributed by atoms with Crippen LogP contribution >= 0.6 is 0 Å². The second kappa shape index (κ2) is 3.33. The highest BCUT2D eigenvalue weighted by atomic mass is 16.5. The molecule has 0 saturated carbocycles. The predicted molar refractivity (Wildman–Crippen MR) is 51.5 cm³/mol. The molecule has 0 amide bonds. The van der Waals surface area contributed by atoms with Gasteiger partial charge in [0.25, 0.3) is 0 Å². The molecule has 0 fully saturated rings. The number of aliphatic carboxylic acids is 1. The molecule has 0 spiro atoms. The fourth-order valence-electron chi connectivity index (χ4n) is 1.64. The number of benzene rings is 1. The average Bonchev–Trinajstić information content (AvgIpc) is 2.16. The molecule has 0 aromatic heterocycles. The number of hydrogen-bond acceptors (Lipinski definition) is 2. The lowest BCUT2D eigenvalue weighted by atomic mass is 9.96. The van der Waals surface area contributed by atoms with Crippen LogP contribution in [0.4, 0.5) is 0 Å². The molecule has 0 saturated heterocycles. The van der Waals surface area contributed by atoms with Gasteiger partial charge in [-0.05, 0) is 30.5 Å². The van der Waals surface area contributed by atoms with E-state index in [0.717, 1.165) is 16.9 Å². The number of aryl methyl sites for hydroxylation is 1. The van der Waals surface area contributed by atoms with Crippen molar-refractivity contribution in [2.45, 2.75) is 13.3 Å². The molecule has 1 aromatic rings. The maximum Gasteiger partial charge on any atom is 0.310 e. The SMILES string of the molecule is Cc1ccc2c(c1)OCC(C(=O)O)C2. The molecule has 1 aliphatic heterocycles. The van der Waals surface area contributed by atoms with E-state index in [-0.39, 0.29) is 6.61 Å². The van der Waals surface area contributed by atoms with Gasteiger partial charge in [0.15, 0.2) is 0 Å². The Hall–Kier alpha value is -1.51. The van der Waals surface area contributed by atoms with E-state index >= 15 is 0 Å². The average molecular weight is 192 g/mol. The number of ether oxygens (including phenoxy) is 1. The summed E-state index contributed by atoms with van der Waals surface area (Å²) in [5.41, 5.74) is 2.13. The summed E-state index contributed by atoms with van der Waals surface area (Å²) in [6, 6.07) is 5.87. The fraction of sp³-hybridized carbons (Fsp3) is 0.364. The number of hydrogen-bond donors (Lipinski definition) is 1. The molecule has 1 atom stereocenters. The van der Waals surface area contributed by atoms with Crippen LogP contribution in [0.3, 0.4) is 0 Å². The van der Waals surface area contributed by atoms with Gasteiger partial charge in [-0.25, -0.2) is 0 Å². The lowest BCUT2D eigenvalue weighted by Gasteiger charge is -2.22. The van der Waals surface area contributed by atoms with Gasteiger partial charge in [0, 0.05) is 0 Å². The van der Waals surface area contributed by atoms with Gasteiger partial charge < -0.3 is 9.84 Å². The van der Waals surface area contributed by atoms with Crippen LogP contribution < -0.4 is 4.74 Å². The number of carboxylic acids is 1. The summed E-state index contributed by atoms with van der Waals surface area (Å²) in [6.45, 7) is 2.28. The predicted octanol–water partition coefficient (Wildman–Crippen LogP) is 1.63. The van der Waals surface area contributed by atoms with Gasteiger partial charge in [0.05, 0.1) is 5.92 Å². The van der Waals surface area contributed by atoms with Crippen LogP contribution in [0.1, 0.15) is 11.1 Å². The summed E-state index contributed by atoms with van der Waals surface area (Å²) in [4.78, 5) is 10.8. The van der Waals surface area contributed by atoms with Crippen LogP contribution in [-0.4, -0.2) is 17.7 Å². The highest BCUT2D eigenvalue weighted by Gasteiger charge is 2.25. The largest absolute Gasteiger partial charge is 0.492 e. The summed E-state index contributed by atoms with van der Waals surface area (Å²) >= 11 is 0. The monoisotopic (exact) mass is 192 g/mol. The molecule has 2 rings (SSSR count). The van der Waals surface area contributed by atoms with Crippen LogP contribution in [-0.2, 0) is 11.2 Å². The lowest BCUT2D eigenvalue weighted by molar-refractivity contribution is -0.143. The minimum Gasteiger partial charge on any atom is -0.492 e. The van der Waals surface area contributed by atoms with Crippen LogP contribution in [0.5, 0.6) is 5.75 Å². The summed E-state index contributed by atoms with van der Waals surface area (Å²) in [6.07, 6.45) is 0.574. The van der Waals surface area contributed by atoms with E-state index in [1.165, 1.54) is 0 Å². The molecule has 0 aliphatic carbocycles. The molecule has 1 heterocycles. The van der Waals surface area contributed by atoms with E-state index in [1.54, 1.807) is 0 Å². The number of fused-ring (bicyclic) bond motifs is 1. The standard InChI is InChI=1S/C11H12O3/c1-7-2-3-8-5-9(11(12)13)6-14-10(8)4-7/h2-4,9H,5-6H2,1H3,(H,12,13). The number of carbonyl (C=O) groups is 1. The third-order valence-corrected chi connectivity index (χ3v) is 2.48. The molecular formula is C11H12O3. The zero-order chi connectivity index (χ0) is 10.1. The molecule has 74 valence electrons. The molecule has 14 heavy (non-hydrogen) atoms. The Morgan fingerprint density at radius 3 is 3.07 bits per heavy atom. The number of rotatable bonds is 1. The topological polar surface area (TPSA) is 46.5 Å². The van der Waals surface area contributed by atoms with Crippen molar-refractivity contribution in [3.8, 4) is 5.75 Å².